The van der Waals surface area contributed by atoms with Gasteiger partial charge in [0.05, 0.1) is 29.4 Å². The number of rotatable bonds is 5. The molecule has 0 unspecified atom stereocenters. The van der Waals surface area contributed by atoms with Gasteiger partial charge in [-0.1, -0.05) is 24.3 Å². The van der Waals surface area contributed by atoms with Crippen LogP contribution in [0, 0.1) is 0 Å². The Balaban J connectivity index is 1.68. The molecule has 0 saturated heterocycles. The lowest BCUT2D eigenvalue weighted by Crippen LogP contribution is -2.28. The van der Waals surface area contributed by atoms with Crippen molar-refractivity contribution in [3.05, 3.63) is 93.0 Å². The number of aromatic nitrogens is 5. The summed E-state index contributed by atoms with van der Waals surface area (Å²) in [6.45, 7) is 3.74. The standard InChI is InChI=1S/C21H20N6O2/c1-13(15-7-5-9-22-11-15)24-21-25-18(10-19(28)26-21)14(2)27-20(29)17-8-4-3-6-16(17)12-23-27/h3-14H,1-2H3,(H2,24,25,26,28)/t13-,14+/m0/s1. The van der Waals surface area contributed by atoms with E-state index in [1.165, 1.54) is 10.7 Å². The van der Waals surface area contributed by atoms with Gasteiger partial charge in [-0.25, -0.2) is 9.67 Å². The lowest BCUT2D eigenvalue weighted by Gasteiger charge is -2.17. The van der Waals surface area contributed by atoms with Gasteiger partial charge in [0.15, 0.2) is 0 Å². The summed E-state index contributed by atoms with van der Waals surface area (Å²) in [6.07, 6.45) is 5.10. The Morgan fingerprint density at radius 3 is 2.69 bits per heavy atom. The molecule has 0 aliphatic rings. The van der Waals surface area contributed by atoms with E-state index in [0.29, 0.717) is 17.0 Å². The fraction of sp³-hybridized carbons (Fsp3) is 0.190. The largest absolute Gasteiger partial charge is 0.349 e. The molecule has 0 saturated carbocycles. The summed E-state index contributed by atoms with van der Waals surface area (Å²) < 4.78 is 1.35. The topological polar surface area (TPSA) is 106 Å². The monoisotopic (exact) mass is 388 g/mol. The van der Waals surface area contributed by atoms with Crippen molar-refractivity contribution >= 4 is 16.7 Å². The Morgan fingerprint density at radius 2 is 1.90 bits per heavy atom. The van der Waals surface area contributed by atoms with Crippen LogP contribution in [0.4, 0.5) is 5.95 Å². The third-order valence-electron chi connectivity index (χ3n) is 4.81. The molecular weight excluding hydrogens is 368 g/mol. The van der Waals surface area contributed by atoms with Crippen molar-refractivity contribution in [1.82, 2.24) is 24.7 Å². The van der Waals surface area contributed by atoms with Gasteiger partial charge in [0.25, 0.3) is 11.1 Å². The zero-order valence-corrected chi connectivity index (χ0v) is 16.0. The molecule has 3 aromatic heterocycles. The number of anilines is 1. The van der Waals surface area contributed by atoms with Crippen LogP contribution in [0.15, 0.2) is 70.6 Å². The molecule has 8 nitrogen and oxygen atoms in total. The second kappa shape index (κ2) is 7.67. The Labute approximate surface area is 166 Å². The van der Waals surface area contributed by atoms with E-state index in [-0.39, 0.29) is 17.2 Å². The normalized spacial score (nSPS) is 13.2. The number of pyridine rings is 1. The van der Waals surface area contributed by atoms with Gasteiger partial charge in [-0.15, -0.1) is 0 Å². The number of hydrogen-bond acceptors (Lipinski definition) is 6. The molecule has 8 heteroatoms. The van der Waals surface area contributed by atoms with Gasteiger partial charge < -0.3 is 5.32 Å². The van der Waals surface area contributed by atoms with E-state index in [2.05, 4.69) is 25.4 Å². The van der Waals surface area contributed by atoms with Crippen LogP contribution in [-0.2, 0) is 0 Å². The lowest BCUT2D eigenvalue weighted by atomic mass is 10.1. The number of H-pyrrole nitrogens is 1. The van der Waals surface area contributed by atoms with Crippen molar-refractivity contribution < 1.29 is 0 Å². The highest BCUT2D eigenvalue weighted by Gasteiger charge is 2.16. The van der Waals surface area contributed by atoms with Gasteiger partial charge in [-0.3, -0.25) is 19.6 Å². The van der Waals surface area contributed by atoms with E-state index in [0.717, 1.165) is 10.9 Å². The first-order valence-corrected chi connectivity index (χ1v) is 9.27. The Hall–Kier alpha value is -3.81. The second-order valence-electron chi connectivity index (χ2n) is 6.83. The van der Waals surface area contributed by atoms with Crippen molar-refractivity contribution in [1.29, 1.82) is 0 Å². The van der Waals surface area contributed by atoms with Crippen molar-refractivity contribution in [2.45, 2.75) is 25.9 Å². The van der Waals surface area contributed by atoms with Crippen LogP contribution < -0.4 is 16.4 Å². The smallest absolute Gasteiger partial charge is 0.275 e. The minimum atomic E-state index is -0.511. The number of benzene rings is 1. The molecule has 146 valence electrons. The number of nitrogens with one attached hydrogen (secondary N) is 2. The highest BCUT2D eigenvalue weighted by atomic mass is 16.1. The zero-order valence-electron chi connectivity index (χ0n) is 16.0. The van der Waals surface area contributed by atoms with Crippen LogP contribution in [0.2, 0.25) is 0 Å². The summed E-state index contributed by atoms with van der Waals surface area (Å²) in [5, 5.41) is 8.79. The fourth-order valence-electron chi connectivity index (χ4n) is 3.19. The SMILES string of the molecule is C[C@H](Nc1nc([C@@H](C)n2ncc3ccccc3c2=O)cc(=O)[nH]1)c1cccnc1. The molecule has 1 aromatic carbocycles. The third-order valence-corrected chi connectivity index (χ3v) is 4.81. The van der Waals surface area contributed by atoms with E-state index in [4.69, 9.17) is 0 Å². The van der Waals surface area contributed by atoms with Crippen molar-refractivity contribution in [2.24, 2.45) is 0 Å². The highest BCUT2D eigenvalue weighted by molar-refractivity contribution is 5.80. The molecule has 0 aliphatic heterocycles. The fourth-order valence-corrected chi connectivity index (χ4v) is 3.19. The Kier molecular flexibility index (Phi) is 4.90. The van der Waals surface area contributed by atoms with Gasteiger partial charge >= 0.3 is 0 Å². The highest BCUT2D eigenvalue weighted by Crippen LogP contribution is 2.18. The number of fused-ring (bicyclic) bond motifs is 1. The van der Waals surface area contributed by atoms with Gasteiger partial charge in [0, 0.05) is 23.8 Å². The molecule has 0 spiro atoms. The summed E-state index contributed by atoms with van der Waals surface area (Å²) in [5.74, 6) is 0.324. The van der Waals surface area contributed by atoms with Gasteiger partial charge in [0.1, 0.15) is 0 Å². The quantitative estimate of drug-likeness (QED) is 0.544. The summed E-state index contributed by atoms with van der Waals surface area (Å²) in [6, 6.07) is 11.8. The molecular formula is C21H20N6O2. The first-order valence-electron chi connectivity index (χ1n) is 9.27. The average molecular weight is 388 g/mol. The zero-order chi connectivity index (χ0) is 20.4. The summed E-state index contributed by atoms with van der Waals surface area (Å²) in [4.78, 5) is 36.4. The Bertz CT molecular complexity index is 1270. The Morgan fingerprint density at radius 1 is 1.07 bits per heavy atom. The number of nitrogens with zero attached hydrogens (tertiary/aromatic N) is 4. The summed E-state index contributed by atoms with van der Waals surface area (Å²) in [7, 11) is 0. The van der Waals surface area contributed by atoms with Crippen molar-refractivity contribution in [2.75, 3.05) is 5.32 Å². The van der Waals surface area contributed by atoms with Gasteiger partial charge in [-0.2, -0.15) is 5.10 Å². The van der Waals surface area contributed by atoms with E-state index < -0.39 is 6.04 Å². The molecule has 2 atom stereocenters. The maximum atomic E-state index is 12.8. The predicted molar refractivity (Wildman–Crippen MR) is 111 cm³/mol. The number of hydrogen-bond donors (Lipinski definition) is 2. The van der Waals surface area contributed by atoms with E-state index in [1.807, 2.05) is 37.3 Å². The van der Waals surface area contributed by atoms with Crippen LogP contribution in [0.5, 0.6) is 0 Å². The van der Waals surface area contributed by atoms with Crippen LogP contribution in [-0.4, -0.2) is 24.7 Å². The molecule has 2 N–H and O–H groups in total. The first-order chi connectivity index (χ1) is 14.0. The van der Waals surface area contributed by atoms with E-state index in [1.54, 1.807) is 31.6 Å². The van der Waals surface area contributed by atoms with Crippen molar-refractivity contribution in [3.8, 4) is 0 Å². The maximum absolute atomic E-state index is 12.8. The first kappa shape index (κ1) is 18.5. The molecule has 0 radical (unpaired) electrons. The molecule has 0 fully saturated rings. The summed E-state index contributed by atoms with van der Waals surface area (Å²) in [5.41, 5.74) is 0.869. The lowest BCUT2D eigenvalue weighted by molar-refractivity contribution is 0.524. The van der Waals surface area contributed by atoms with Crippen LogP contribution >= 0.6 is 0 Å². The molecule has 29 heavy (non-hydrogen) atoms. The van der Waals surface area contributed by atoms with Crippen LogP contribution in [0.3, 0.4) is 0 Å². The predicted octanol–water partition coefficient (Wildman–Crippen LogP) is 2.66. The molecule has 3 heterocycles. The minimum Gasteiger partial charge on any atom is -0.349 e. The molecule has 0 aliphatic carbocycles. The van der Waals surface area contributed by atoms with E-state index in [9.17, 15) is 9.59 Å². The minimum absolute atomic E-state index is 0.112. The molecule has 0 amide bonds. The molecule has 0 bridgehead atoms. The van der Waals surface area contributed by atoms with Crippen LogP contribution in [0.25, 0.3) is 10.8 Å². The molecule has 4 rings (SSSR count). The van der Waals surface area contributed by atoms with Crippen molar-refractivity contribution in [3.63, 3.8) is 0 Å². The average Bonchev–Trinajstić information content (AvgIpc) is 2.74. The number of aromatic amines is 1. The summed E-state index contributed by atoms with van der Waals surface area (Å²) >= 11 is 0. The molecule has 4 aromatic rings. The maximum Gasteiger partial charge on any atom is 0.275 e. The second-order valence-corrected chi connectivity index (χ2v) is 6.83. The van der Waals surface area contributed by atoms with Gasteiger partial charge in [0.2, 0.25) is 5.95 Å². The van der Waals surface area contributed by atoms with E-state index >= 15 is 0 Å². The van der Waals surface area contributed by atoms with Crippen LogP contribution in [0.1, 0.15) is 37.2 Å². The van der Waals surface area contributed by atoms with Gasteiger partial charge in [-0.05, 0) is 31.5 Å². The third kappa shape index (κ3) is 3.77.